The van der Waals surface area contributed by atoms with Gasteiger partial charge >= 0.3 is 6.01 Å². The summed E-state index contributed by atoms with van der Waals surface area (Å²) in [4.78, 5) is 17.8. The first kappa shape index (κ1) is 36.2. The van der Waals surface area contributed by atoms with E-state index in [0.717, 1.165) is 45.1 Å². The van der Waals surface area contributed by atoms with Crippen molar-refractivity contribution in [2.45, 2.75) is 70.1 Å². The molecule has 0 bridgehead atoms. The molecule has 0 radical (unpaired) electrons. The van der Waals surface area contributed by atoms with Crippen LogP contribution in [-0.2, 0) is 9.47 Å². The van der Waals surface area contributed by atoms with Crippen LogP contribution in [0, 0.1) is 29.4 Å². The summed E-state index contributed by atoms with van der Waals surface area (Å²) in [5, 5.41) is 32.1. The van der Waals surface area contributed by atoms with Crippen LogP contribution in [0.2, 0.25) is 0 Å². The fourth-order valence-electron chi connectivity index (χ4n) is 8.57. The van der Waals surface area contributed by atoms with Crippen LogP contribution in [0.4, 0.5) is 14.6 Å². The number of pyridine rings is 1. The molecule has 11 nitrogen and oxygen atoms in total. The van der Waals surface area contributed by atoms with Crippen molar-refractivity contribution in [2.75, 3.05) is 57.8 Å². The maximum absolute atomic E-state index is 16.9. The Morgan fingerprint density at radius 3 is 2.79 bits per heavy atom. The number of nitrogens with zero attached hydrogens (tertiary/aromatic N) is 5. The lowest BCUT2D eigenvalue weighted by Crippen LogP contribution is -2.56. The Bertz CT molecular complexity index is 1980. The standard InChI is InChI=1S/C39H45F2N5O6/c1-3-28-31(40)11-8-24-17-27(49)18-29(33(24)28)35-34(41)36-30(19-42-35)37(45(23-47)15-16-50-4-2)44-38(43-36)52-22-39-12-5-7-32(39)46(14-6-13-39)25-9-10-26(48)21-51-20-25/h1,8,11,17-19,25-26,32,47-49H,4-7,9-10,12-16,20-23H2,2H3/t25?,26-,32?,39?/m0/s1. The van der Waals surface area contributed by atoms with Crippen molar-refractivity contribution in [1.82, 2.24) is 19.9 Å². The van der Waals surface area contributed by atoms with Crippen LogP contribution in [0.25, 0.3) is 32.9 Å². The van der Waals surface area contributed by atoms with Crippen LogP contribution in [-0.4, -0.2) is 106 Å². The average Bonchev–Trinajstić information content (AvgIpc) is 3.47. The Hall–Kier alpha value is -4.19. The highest BCUT2D eigenvalue weighted by Crippen LogP contribution is 2.49. The molecule has 4 atom stereocenters. The molecule has 0 amide bonds. The van der Waals surface area contributed by atoms with Crippen LogP contribution in [0.3, 0.4) is 0 Å². The summed E-state index contributed by atoms with van der Waals surface area (Å²) in [6.07, 6.45) is 13.2. The Labute approximate surface area is 301 Å². The van der Waals surface area contributed by atoms with E-state index < -0.39 is 24.5 Å². The Morgan fingerprint density at radius 1 is 1.13 bits per heavy atom. The molecule has 2 aromatic heterocycles. The molecule has 2 saturated heterocycles. The number of piperidine rings is 1. The molecule has 1 aliphatic carbocycles. The number of anilines is 1. The minimum atomic E-state index is -0.843. The minimum absolute atomic E-state index is 0.0531. The lowest BCUT2D eigenvalue weighted by molar-refractivity contribution is -0.0425. The van der Waals surface area contributed by atoms with Gasteiger partial charge in [0.1, 0.15) is 35.3 Å². The van der Waals surface area contributed by atoms with E-state index >= 15 is 4.39 Å². The first-order chi connectivity index (χ1) is 25.3. The molecule has 2 aliphatic heterocycles. The number of aromatic hydroxyl groups is 1. The summed E-state index contributed by atoms with van der Waals surface area (Å²) in [5.74, 6) is 0.904. The number of phenolic OH excluding ortho intramolecular Hbond substituents is 1. The maximum atomic E-state index is 16.9. The quantitative estimate of drug-likeness (QED) is 0.108. The predicted octanol–water partition coefficient (Wildman–Crippen LogP) is 5.16. The molecule has 3 N–H and O–H groups in total. The monoisotopic (exact) mass is 717 g/mol. The number of likely N-dealkylation sites (tertiary alicyclic amines) is 1. The Balaban J connectivity index is 1.29. The molecule has 3 fully saturated rings. The lowest BCUT2D eigenvalue weighted by Gasteiger charge is -2.49. The number of fused-ring (bicyclic) bond motifs is 3. The van der Waals surface area contributed by atoms with Crippen molar-refractivity contribution in [3.05, 3.63) is 47.7 Å². The van der Waals surface area contributed by atoms with E-state index in [0.29, 0.717) is 38.2 Å². The molecule has 4 heterocycles. The van der Waals surface area contributed by atoms with Crippen molar-refractivity contribution in [2.24, 2.45) is 5.41 Å². The van der Waals surface area contributed by atoms with E-state index in [2.05, 4.69) is 20.8 Å². The summed E-state index contributed by atoms with van der Waals surface area (Å²) in [6.45, 7) is 4.65. The number of aliphatic hydroxyl groups excluding tert-OH is 2. The second-order valence-corrected chi connectivity index (χ2v) is 14.1. The molecular weight excluding hydrogens is 672 g/mol. The molecule has 3 aliphatic rings. The van der Waals surface area contributed by atoms with E-state index in [-0.39, 0.29) is 81.3 Å². The molecule has 3 unspecified atom stereocenters. The highest BCUT2D eigenvalue weighted by atomic mass is 19.1. The summed E-state index contributed by atoms with van der Waals surface area (Å²) >= 11 is 0. The van der Waals surface area contributed by atoms with E-state index in [9.17, 15) is 19.7 Å². The van der Waals surface area contributed by atoms with Crippen LogP contribution in [0.1, 0.15) is 57.4 Å². The van der Waals surface area contributed by atoms with Gasteiger partial charge in [-0.3, -0.25) is 9.88 Å². The van der Waals surface area contributed by atoms with Gasteiger partial charge in [0.05, 0.1) is 43.5 Å². The van der Waals surface area contributed by atoms with Crippen molar-refractivity contribution in [3.8, 4) is 35.4 Å². The number of benzene rings is 2. The Morgan fingerprint density at radius 2 is 1.98 bits per heavy atom. The highest BCUT2D eigenvalue weighted by molar-refractivity contribution is 6.03. The van der Waals surface area contributed by atoms with Crippen LogP contribution < -0.4 is 9.64 Å². The predicted molar refractivity (Wildman–Crippen MR) is 192 cm³/mol. The van der Waals surface area contributed by atoms with Gasteiger partial charge in [0.15, 0.2) is 5.82 Å². The zero-order valence-corrected chi connectivity index (χ0v) is 29.4. The van der Waals surface area contributed by atoms with Crippen molar-refractivity contribution >= 4 is 27.5 Å². The number of phenols is 1. The van der Waals surface area contributed by atoms with Crippen LogP contribution >= 0.6 is 0 Å². The average molecular weight is 718 g/mol. The number of terminal acetylenes is 1. The van der Waals surface area contributed by atoms with Gasteiger partial charge in [-0.1, -0.05) is 18.4 Å². The third kappa shape index (κ3) is 6.86. The van der Waals surface area contributed by atoms with Gasteiger partial charge in [-0.05, 0) is 75.6 Å². The number of rotatable bonds is 11. The molecule has 0 spiro atoms. The topological polar surface area (TPSA) is 134 Å². The number of aromatic nitrogens is 3. The van der Waals surface area contributed by atoms with Gasteiger partial charge in [0.25, 0.3) is 0 Å². The number of ether oxygens (including phenoxy) is 3. The van der Waals surface area contributed by atoms with Crippen molar-refractivity contribution in [1.29, 1.82) is 0 Å². The van der Waals surface area contributed by atoms with Gasteiger partial charge in [-0.25, -0.2) is 8.78 Å². The summed E-state index contributed by atoms with van der Waals surface area (Å²) in [5.41, 5.74) is -0.461. The number of hydrogen-bond donors (Lipinski definition) is 3. The summed E-state index contributed by atoms with van der Waals surface area (Å²) in [7, 11) is 0. The zero-order valence-electron chi connectivity index (χ0n) is 29.4. The fourth-order valence-corrected chi connectivity index (χ4v) is 8.57. The molecule has 276 valence electrons. The maximum Gasteiger partial charge on any atom is 0.319 e. The third-order valence-electron chi connectivity index (χ3n) is 11.0. The van der Waals surface area contributed by atoms with E-state index in [1.807, 2.05) is 6.92 Å². The number of hydrogen-bond acceptors (Lipinski definition) is 11. The zero-order chi connectivity index (χ0) is 36.4. The lowest BCUT2D eigenvalue weighted by atomic mass is 9.75. The van der Waals surface area contributed by atoms with Crippen LogP contribution in [0.15, 0.2) is 30.5 Å². The first-order valence-electron chi connectivity index (χ1n) is 18.1. The van der Waals surface area contributed by atoms with E-state index in [4.69, 9.17) is 25.6 Å². The van der Waals surface area contributed by atoms with Gasteiger partial charge in [0.2, 0.25) is 0 Å². The summed E-state index contributed by atoms with van der Waals surface area (Å²) in [6, 6.07) is 5.81. The summed E-state index contributed by atoms with van der Waals surface area (Å²) < 4.78 is 49.7. The molecular formula is C39H45F2N5O6. The fraction of sp³-hybridized carbons (Fsp3) is 0.513. The van der Waals surface area contributed by atoms with E-state index in [1.165, 1.54) is 30.5 Å². The second kappa shape index (κ2) is 15.4. The van der Waals surface area contributed by atoms with Crippen LogP contribution in [0.5, 0.6) is 11.8 Å². The molecule has 1 saturated carbocycles. The minimum Gasteiger partial charge on any atom is -0.508 e. The van der Waals surface area contributed by atoms with E-state index in [1.54, 1.807) is 4.90 Å². The molecule has 13 heteroatoms. The highest BCUT2D eigenvalue weighted by Gasteiger charge is 2.50. The first-order valence-corrected chi connectivity index (χ1v) is 18.1. The molecule has 52 heavy (non-hydrogen) atoms. The second-order valence-electron chi connectivity index (χ2n) is 14.1. The third-order valence-corrected chi connectivity index (χ3v) is 11.0. The van der Waals surface area contributed by atoms with Crippen molar-refractivity contribution < 1.29 is 38.3 Å². The number of aliphatic hydroxyl groups is 2. The largest absolute Gasteiger partial charge is 0.508 e. The van der Waals surface area contributed by atoms with Gasteiger partial charge in [-0.2, -0.15) is 9.97 Å². The SMILES string of the molecule is C#Cc1c(F)ccc2cc(O)cc(-c3ncc4c(N(CO)CCOCC)nc(OCC56CCCC5N(C5CC[C@H](O)COC5)CCC6)nc4c3F)c12. The smallest absolute Gasteiger partial charge is 0.319 e. The van der Waals surface area contributed by atoms with Crippen molar-refractivity contribution in [3.63, 3.8) is 0 Å². The van der Waals surface area contributed by atoms with Gasteiger partial charge in [-0.15, -0.1) is 6.42 Å². The molecule has 7 rings (SSSR count). The number of halogens is 2. The molecule has 2 aromatic carbocycles. The Kier molecular flexibility index (Phi) is 10.7. The van der Waals surface area contributed by atoms with Gasteiger partial charge < -0.3 is 34.4 Å². The van der Waals surface area contributed by atoms with Gasteiger partial charge in [0, 0.05) is 47.8 Å². The normalized spacial score (nSPS) is 23.7. The molecule has 4 aromatic rings.